The zero-order valence-electron chi connectivity index (χ0n) is 11.2. The highest BCUT2D eigenvalue weighted by Gasteiger charge is 2.55. The summed E-state index contributed by atoms with van der Waals surface area (Å²) in [4.78, 5) is 12.1. The first-order valence-electron chi connectivity index (χ1n) is 7.41. The molecule has 108 valence electrons. The normalized spacial score (nSPS) is 35.5. The van der Waals surface area contributed by atoms with E-state index in [9.17, 15) is 13.2 Å². The number of rotatable bonds is 3. The molecule has 1 amide bonds. The molecule has 2 atom stereocenters. The van der Waals surface area contributed by atoms with Crippen LogP contribution in [0, 0.1) is 17.8 Å². The van der Waals surface area contributed by atoms with Crippen LogP contribution in [-0.2, 0) is 15.0 Å². The molecule has 3 fully saturated rings. The molecule has 3 aliphatic rings. The lowest BCUT2D eigenvalue weighted by atomic mass is 10.0. The number of nitrogens with zero attached hydrogens (tertiary/aromatic N) is 1. The highest BCUT2D eigenvalue weighted by molar-refractivity contribution is 7.87. The predicted molar refractivity (Wildman–Crippen MR) is 71.4 cm³/mol. The van der Waals surface area contributed by atoms with Crippen LogP contribution >= 0.6 is 0 Å². The Bertz CT molecular complexity index is 445. The third-order valence-electron chi connectivity index (χ3n) is 4.84. The van der Waals surface area contributed by atoms with E-state index in [0.29, 0.717) is 24.9 Å². The van der Waals surface area contributed by atoms with Crippen LogP contribution in [0.3, 0.4) is 0 Å². The monoisotopic (exact) mass is 286 g/mol. The summed E-state index contributed by atoms with van der Waals surface area (Å²) < 4.78 is 28.0. The SMILES string of the molecule is O=C(NS(=O)(=O)N1CCCCC1)C1[C@@H]2CCCC[C@@H]12. The summed E-state index contributed by atoms with van der Waals surface area (Å²) in [5, 5.41) is 0. The standard InChI is InChI=1S/C13H22N2O3S/c16-13(12-10-6-2-3-7-11(10)12)14-19(17,18)15-8-4-1-5-9-15/h10-12H,1-9H2,(H,14,16)/t10-,11-/m1/s1. The molecule has 3 rings (SSSR count). The molecule has 2 saturated carbocycles. The van der Waals surface area contributed by atoms with E-state index in [-0.39, 0.29) is 11.8 Å². The molecule has 1 saturated heterocycles. The second-order valence-corrected chi connectivity index (χ2v) is 7.74. The van der Waals surface area contributed by atoms with Crippen molar-refractivity contribution in [2.24, 2.45) is 17.8 Å². The quantitative estimate of drug-likeness (QED) is 0.849. The number of piperidine rings is 1. The number of nitrogens with one attached hydrogen (secondary N) is 1. The maximum Gasteiger partial charge on any atom is 0.303 e. The lowest BCUT2D eigenvalue weighted by molar-refractivity contribution is -0.121. The average molecular weight is 286 g/mol. The van der Waals surface area contributed by atoms with Gasteiger partial charge in [0.15, 0.2) is 0 Å². The number of carbonyl (C=O) groups is 1. The van der Waals surface area contributed by atoms with E-state index in [2.05, 4.69) is 4.72 Å². The Labute approximate surface area is 114 Å². The Morgan fingerprint density at radius 1 is 0.947 bits per heavy atom. The van der Waals surface area contributed by atoms with Gasteiger partial charge in [-0.2, -0.15) is 12.7 Å². The average Bonchev–Trinajstić information content (AvgIpc) is 3.13. The molecule has 2 aliphatic carbocycles. The Hall–Kier alpha value is -0.620. The first kappa shape index (κ1) is 13.4. The van der Waals surface area contributed by atoms with Gasteiger partial charge in [0.1, 0.15) is 0 Å². The van der Waals surface area contributed by atoms with Crippen LogP contribution < -0.4 is 4.72 Å². The van der Waals surface area contributed by atoms with Gasteiger partial charge in [-0.25, -0.2) is 4.72 Å². The van der Waals surface area contributed by atoms with Gasteiger partial charge in [-0.1, -0.05) is 19.3 Å². The highest BCUT2D eigenvalue weighted by atomic mass is 32.2. The minimum absolute atomic E-state index is 0.0398. The van der Waals surface area contributed by atoms with E-state index in [1.54, 1.807) is 0 Å². The Morgan fingerprint density at radius 2 is 1.53 bits per heavy atom. The summed E-state index contributed by atoms with van der Waals surface area (Å²) >= 11 is 0. The van der Waals surface area contributed by atoms with Crippen molar-refractivity contribution in [1.82, 2.24) is 9.03 Å². The molecule has 0 radical (unpaired) electrons. The molecule has 0 unspecified atom stereocenters. The molecule has 5 nitrogen and oxygen atoms in total. The third kappa shape index (κ3) is 2.65. The van der Waals surface area contributed by atoms with Crippen molar-refractivity contribution in [2.45, 2.75) is 44.9 Å². The maximum absolute atomic E-state index is 12.1. The number of amides is 1. The Morgan fingerprint density at radius 3 is 2.11 bits per heavy atom. The topological polar surface area (TPSA) is 66.5 Å². The molecule has 0 bridgehead atoms. The van der Waals surface area contributed by atoms with E-state index in [4.69, 9.17) is 0 Å². The van der Waals surface area contributed by atoms with E-state index >= 15 is 0 Å². The van der Waals surface area contributed by atoms with Crippen LogP contribution in [0.2, 0.25) is 0 Å². The van der Waals surface area contributed by atoms with Crippen molar-refractivity contribution in [2.75, 3.05) is 13.1 Å². The first-order valence-corrected chi connectivity index (χ1v) is 8.85. The second-order valence-electron chi connectivity index (χ2n) is 6.07. The molecule has 1 aliphatic heterocycles. The zero-order valence-corrected chi connectivity index (χ0v) is 12.0. The summed E-state index contributed by atoms with van der Waals surface area (Å²) in [7, 11) is -3.60. The van der Waals surface area contributed by atoms with Crippen molar-refractivity contribution >= 4 is 16.1 Å². The van der Waals surface area contributed by atoms with Crippen LogP contribution in [0.25, 0.3) is 0 Å². The molecular formula is C13H22N2O3S. The molecule has 0 spiro atoms. The van der Waals surface area contributed by atoms with Crippen molar-refractivity contribution in [3.8, 4) is 0 Å². The minimum Gasteiger partial charge on any atom is -0.274 e. The van der Waals surface area contributed by atoms with Gasteiger partial charge < -0.3 is 0 Å². The van der Waals surface area contributed by atoms with Crippen LogP contribution in [-0.4, -0.2) is 31.7 Å². The van der Waals surface area contributed by atoms with Crippen molar-refractivity contribution < 1.29 is 13.2 Å². The number of hydrogen-bond donors (Lipinski definition) is 1. The molecule has 6 heteroatoms. The molecular weight excluding hydrogens is 264 g/mol. The number of hydrogen-bond acceptors (Lipinski definition) is 3. The summed E-state index contributed by atoms with van der Waals surface area (Å²) in [6.07, 6.45) is 7.41. The van der Waals surface area contributed by atoms with Gasteiger partial charge >= 0.3 is 10.2 Å². The van der Waals surface area contributed by atoms with Crippen molar-refractivity contribution in [1.29, 1.82) is 0 Å². The van der Waals surface area contributed by atoms with Crippen LogP contribution in [0.4, 0.5) is 0 Å². The Balaban J connectivity index is 1.59. The van der Waals surface area contributed by atoms with Gasteiger partial charge in [-0.15, -0.1) is 0 Å². The van der Waals surface area contributed by atoms with E-state index < -0.39 is 10.2 Å². The lowest BCUT2D eigenvalue weighted by Crippen LogP contribution is -2.46. The van der Waals surface area contributed by atoms with Gasteiger partial charge in [-0.3, -0.25) is 4.79 Å². The largest absolute Gasteiger partial charge is 0.303 e. The van der Waals surface area contributed by atoms with Gasteiger partial charge in [0, 0.05) is 19.0 Å². The smallest absolute Gasteiger partial charge is 0.274 e. The third-order valence-corrected chi connectivity index (χ3v) is 6.35. The zero-order chi connectivity index (χ0) is 13.5. The van der Waals surface area contributed by atoms with Crippen LogP contribution in [0.1, 0.15) is 44.9 Å². The predicted octanol–water partition coefficient (Wildman–Crippen LogP) is 1.27. The fraction of sp³-hybridized carbons (Fsp3) is 0.923. The summed E-state index contributed by atoms with van der Waals surface area (Å²) in [5.74, 6) is 0.597. The molecule has 1 N–H and O–H groups in total. The van der Waals surface area contributed by atoms with E-state index in [1.807, 2.05) is 0 Å². The van der Waals surface area contributed by atoms with Crippen LogP contribution in [0.15, 0.2) is 0 Å². The number of fused-ring (bicyclic) bond motifs is 1. The molecule has 19 heavy (non-hydrogen) atoms. The first-order chi connectivity index (χ1) is 9.09. The fourth-order valence-corrected chi connectivity index (χ4v) is 5.00. The van der Waals surface area contributed by atoms with Crippen LogP contribution in [0.5, 0.6) is 0 Å². The van der Waals surface area contributed by atoms with Gasteiger partial charge in [0.2, 0.25) is 5.91 Å². The lowest BCUT2D eigenvalue weighted by Gasteiger charge is -2.25. The summed E-state index contributed by atoms with van der Waals surface area (Å²) in [5.41, 5.74) is 0. The summed E-state index contributed by atoms with van der Waals surface area (Å²) in [6.45, 7) is 1.08. The second kappa shape index (κ2) is 5.05. The van der Waals surface area contributed by atoms with E-state index in [0.717, 1.165) is 32.1 Å². The minimum atomic E-state index is -3.60. The van der Waals surface area contributed by atoms with Crippen molar-refractivity contribution in [3.63, 3.8) is 0 Å². The molecule has 0 aromatic carbocycles. The summed E-state index contributed by atoms with van der Waals surface area (Å²) in [6, 6.07) is 0. The number of carbonyl (C=O) groups excluding carboxylic acids is 1. The fourth-order valence-electron chi connectivity index (χ4n) is 3.75. The molecule has 0 aromatic rings. The maximum atomic E-state index is 12.1. The Kier molecular flexibility index (Phi) is 3.55. The van der Waals surface area contributed by atoms with Gasteiger partial charge in [0.25, 0.3) is 0 Å². The van der Waals surface area contributed by atoms with E-state index in [1.165, 1.54) is 17.1 Å². The van der Waals surface area contributed by atoms with Crippen molar-refractivity contribution in [3.05, 3.63) is 0 Å². The molecule has 1 heterocycles. The molecule has 0 aromatic heterocycles. The van der Waals surface area contributed by atoms with Gasteiger partial charge in [-0.05, 0) is 37.5 Å². The highest BCUT2D eigenvalue weighted by Crippen LogP contribution is 2.55. The van der Waals surface area contributed by atoms with Gasteiger partial charge in [0.05, 0.1) is 0 Å².